The van der Waals surface area contributed by atoms with Crippen molar-refractivity contribution in [3.8, 4) is 0 Å². The molecule has 0 heteroatoms. The van der Waals surface area contributed by atoms with E-state index in [2.05, 4.69) is 26.0 Å². The molecule has 2 fully saturated rings. The Hall–Kier alpha value is -0.260. The van der Waals surface area contributed by atoms with Crippen molar-refractivity contribution in [1.82, 2.24) is 0 Å². The Kier molecular flexibility index (Phi) is 2.76. The van der Waals surface area contributed by atoms with Crippen LogP contribution in [-0.2, 0) is 0 Å². The van der Waals surface area contributed by atoms with Gasteiger partial charge in [-0.15, -0.1) is 0 Å². The van der Waals surface area contributed by atoms with Gasteiger partial charge >= 0.3 is 0 Å². The van der Waals surface area contributed by atoms with Gasteiger partial charge < -0.3 is 0 Å². The van der Waals surface area contributed by atoms with E-state index >= 15 is 0 Å². The van der Waals surface area contributed by atoms with Gasteiger partial charge in [-0.3, -0.25) is 0 Å². The quantitative estimate of drug-likeness (QED) is 0.572. The van der Waals surface area contributed by atoms with Crippen LogP contribution in [0.2, 0.25) is 0 Å². The molecule has 2 aliphatic rings. The van der Waals surface area contributed by atoms with Gasteiger partial charge in [0.1, 0.15) is 0 Å². The van der Waals surface area contributed by atoms with Crippen LogP contribution in [0.15, 0.2) is 12.2 Å². The van der Waals surface area contributed by atoms with Crippen LogP contribution in [0.1, 0.15) is 46.0 Å². The molecular formula is C13H22. The highest BCUT2D eigenvalue weighted by Gasteiger charge is 2.44. The van der Waals surface area contributed by atoms with E-state index in [1.807, 2.05) is 0 Å². The lowest BCUT2D eigenvalue weighted by Gasteiger charge is -2.27. The van der Waals surface area contributed by atoms with Gasteiger partial charge in [-0.2, -0.15) is 0 Å². The second kappa shape index (κ2) is 3.86. The van der Waals surface area contributed by atoms with E-state index in [0.29, 0.717) is 0 Å². The zero-order valence-corrected chi connectivity index (χ0v) is 9.00. The summed E-state index contributed by atoms with van der Waals surface area (Å²) in [6, 6.07) is 0. The highest BCUT2D eigenvalue weighted by molar-refractivity contribution is 5.04. The molecule has 0 aliphatic heterocycles. The smallest absolute Gasteiger partial charge is 0.0174 e. The fourth-order valence-corrected chi connectivity index (χ4v) is 3.65. The van der Waals surface area contributed by atoms with E-state index in [9.17, 15) is 0 Å². The second-order valence-corrected chi connectivity index (χ2v) is 4.82. The zero-order valence-electron chi connectivity index (χ0n) is 9.00. The maximum atomic E-state index is 2.53. The van der Waals surface area contributed by atoms with Crippen molar-refractivity contribution in [2.45, 2.75) is 46.0 Å². The van der Waals surface area contributed by atoms with Crippen molar-refractivity contribution in [3.63, 3.8) is 0 Å². The summed E-state index contributed by atoms with van der Waals surface area (Å²) in [6.07, 6.45) is 12.1. The average Bonchev–Trinajstić information content (AvgIpc) is 2.73. The molecule has 2 saturated carbocycles. The molecule has 2 rings (SSSR count). The van der Waals surface area contributed by atoms with Gasteiger partial charge in [-0.25, -0.2) is 0 Å². The third kappa shape index (κ3) is 1.56. The van der Waals surface area contributed by atoms with E-state index in [1.165, 1.54) is 32.1 Å². The molecular weight excluding hydrogens is 156 g/mol. The summed E-state index contributed by atoms with van der Waals surface area (Å²) in [6.45, 7) is 4.61. The molecule has 0 aromatic rings. The van der Waals surface area contributed by atoms with Gasteiger partial charge in [0.25, 0.3) is 0 Å². The number of fused-ring (bicyclic) bond motifs is 2. The molecule has 0 unspecified atom stereocenters. The van der Waals surface area contributed by atoms with Gasteiger partial charge in [0.2, 0.25) is 0 Å². The Morgan fingerprint density at radius 1 is 1.15 bits per heavy atom. The van der Waals surface area contributed by atoms with Crippen LogP contribution in [0.4, 0.5) is 0 Å². The molecule has 0 radical (unpaired) electrons. The number of hydrogen-bond donors (Lipinski definition) is 0. The largest absolute Gasteiger partial charge is 0.0885 e. The Morgan fingerprint density at radius 2 is 1.92 bits per heavy atom. The summed E-state index contributed by atoms with van der Waals surface area (Å²) in [4.78, 5) is 0. The molecule has 2 aliphatic carbocycles. The van der Waals surface area contributed by atoms with Crippen LogP contribution in [0, 0.1) is 23.7 Å². The first-order valence-electron chi connectivity index (χ1n) is 6.03. The lowest BCUT2D eigenvalue weighted by atomic mass is 9.78. The summed E-state index contributed by atoms with van der Waals surface area (Å²) in [5.74, 6) is 4.12. The van der Waals surface area contributed by atoms with Crippen LogP contribution in [0.5, 0.6) is 0 Å². The first kappa shape index (κ1) is 9.30. The molecule has 0 heterocycles. The molecule has 13 heavy (non-hydrogen) atoms. The Bertz CT molecular complexity index is 192. The summed E-state index contributed by atoms with van der Waals surface area (Å²) < 4.78 is 0. The van der Waals surface area contributed by atoms with Gasteiger partial charge in [0, 0.05) is 0 Å². The van der Waals surface area contributed by atoms with Crippen molar-refractivity contribution >= 4 is 0 Å². The monoisotopic (exact) mass is 178 g/mol. The number of hydrogen-bond acceptors (Lipinski definition) is 0. The van der Waals surface area contributed by atoms with E-state index < -0.39 is 0 Å². The first-order valence-corrected chi connectivity index (χ1v) is 6.03. The third-order valence-electron chi connectivity index (χ3n) is 4.22. The van der Waals surface area contributed by atoms with Gasteiger partial charge in [0.15, 0.2) is 0 Å². The molecule has 0 amide bonds. The molecule has 2 bridgehead atoms. The van der Waals surface area contributed by atoms with E-state index in [1.54, 1.807) is 0 Å². The summed E-state index contributed by atoms with van der Waals surface area (Å²) in [7, 11) is 0. The van der Waals surface area contributed by atoms with E-state index in [-0.39, 0.29) is 0 Å². The fourth-order valence-electron chi connectivity index (χ4n) is 3.65. The molecule has 0 saturated heterocycles. The van der Waals surface area contributed by atoms with Gasteiger partial charge in [0.05, 0.1) is 0 Å². The van der Waals surface area contributed by atoms with Crippen molar-refractivity contribution in [3.05, 3.63) is 12.2 Å². The Morgan fingerprint density at radius 3 is 2.62 bits per heavy atom. The van der Waals surface area contributed by atoms with E-state index in [4.69, 9.17) is 0 Å². The topological polar surface area (TPSA) is 0 Å². The van der Waals surface area contributed by atoms with Crippen molar-refractivity contribution in [1.29, 1.82) is 0 Å². The molecule has 0 N–H and O–H groups in total. The minimum Gasteiger partial charge on any atom is -0.0885 e. The van der Waals surface area contributed by atoms with Crippen molar-refractivity contribution in [2.75, 3.05) is 0 Å². The number of allylic oxidation sites excluding steroid dienone is 2. The molecule has 4 atom stereocenters. The molecule has 0 aromatic heterocycles. The lowest BCUT2D eigenvalue weighted by Crippen LogP contribution is -2.19. The highest BCUT2D eigenvalue weighted by Crippen LogP contribution is 2.53. The molecule has 0 nitrogen and oxygen atoms in total. The van der Waals surface area contributed by atoms with Crippen molar-refractivity contribution in [2.24, 2.45) is 23.7 Å². The predicted octanol–water partition coefficient (Wildman–Crippen LogP) is 4.02. The second-order valence-electron chi connectivity index (χ2n) is 4.82. The van der Waals surface area contributed by atoms with Crippen LogP contribution in [0.3, 0.4) is 0 Å². The van der Waals surface area contributed by atoms with Crippen LogP contribution in [-0.4, -0.2) is 0 Å². The molecule has 74 valence electrons. The van der Waals surface area contributed by atoms with Crippen LogP contribution < -0.4 is 0 Å². The fraction of sp³-hybridized carbons (Fsp3) is 0.846. The SMILES string of the molecule is CC/C=C/[C@@H]1[C@H]2CC[C@H](C2)[C@@H]1CC. The first-order chi connectivity index (χ1) is 6.36. The average molecular weight is 178 g/mol. The highest BCUT2D eigenvalue weighted by atomic mass is 14.5. The lowest BCUT2D eigenvalue weighted by molar-refractivity contribution is 0.258. The zero-order chi connectivity index (χ0) is 9.26. The van der Waals surface area contributed by atoms with Crippen molar-refractivity contribution < 1.29 is 0 Å². The van der Waals surface area contributed by atoms with Gasteiger partial charge in [-0.05, 0) is 49.4 Å². The summed E-state index contributed by atoms with van der Waals surface area (Å²) in [5.41, 5.74) is 0. The normalized spacial score (nSPS) is 43.5. The minimum absolute atomic E-state index is 0.948. The molecule has 0 spiro atoms. The summed E-state index contributed by atoms with van der Waals surface area (Å²) >= 11 is 0. The maximum Gasteiger partial charge on any atom is -0.0174 e. The standard InChI is InChI=1S/C13H22/c1-3-5-6-13-11-8-7-10(9-11)12(13)4-2/h5-6,10-13H,3-4,7-9H2,1-2H3/b6-5+/t10-,11+,12+,13-/m1/s1. The minimum atomic E-state index is 0.948. The molecule has 0 aromatic carbocycles. The van der Waals surface area contributed by atoms with Crippen LogP contribution >= 0.6 is 0 Å². The predicted molar refractivity (Wildman–Crippen MR) is 57.5 cm³/mol. The maximum absolute atomic E-state index is 2.53. The Balaban J connectivity index is 2.04. The number of rotatable bonds is 3. The van der Waals surface area contributed by atoms with Gasteiger partial charge in [-0.1, -0.05) is 32.4 Å². The van der Waals surface area contributed by atoms with E-state index in [0.717, 1.165) is 23.7 Å². The third-order valence-corrected chi connectivity index (χ3v) is 4.22. The van der Waals surface area contributed by atoms with Crippen LogP contribution in [0.25, 0.3) is 0 Å². The summed E-state index contributed by atoms with van der Waals surface area (Å²) in [5, 5.41) is 0. The Labute approximate surface area is 82.4 Å².